The first-order valence-electron chi connectivity index (χ1n) is 7.33. The molecule has 0 radical (unpaired) electrons. The summed E-state index contributed by atoms with van der Waals surface area (Å²) in [6.07, 6.45) is 10.9. The number of ether oxygens (including phenoxy) is 2. The zero-order chi connectivity index (χ0) is 13.2. The summed E-state index contributed by atoms with van der Waals surface area (Å²) in [5, 5.41) is 0. The zero-order valence-corrected chi connectivity index (χ0v) is 11.6. The predicted octanol–water partition coefficient (Wildman–Crippen LogP) is 4.11. The van der Waals surface area contributed by atoms with E-state index in [1.54, 1.807) is 0 Å². The molecular weight excluding hydrogens is 236 g/mol. The molecule has 1 aromatic rings. The fourth-order valence-corrected chi connectivity index (χ4v) is 2.33. The number of benzene rings is 1. The van der Waals surface area contributed by atoms with Crippen LogP contribution in [0, 0.1) is 0 Å². The van der Waals surface area contributed by atoms with Gasteiger partial charge in [-0.15, -0.1) is 0 Å². The molecule has 1 aliphatic carbocycles. The van der Waals surface area contributed by atoms with Crippen molar-refractivity contribution < 1.29 is 9.47 Å². The Balaban J connectivity index is 1.55. The van der Waals surface area contributed by atoms with E-state index in [9.17, 15) is 0 Å². The van der Waals surface area contributed by atoms with Gasteiger partial charge in [0.2, 0.25) is 0 Å². The van der Waals surface area contributed by atoms with E-state index in [2.05, 4.69) is 24.3 Å². The molecular formula is C17H24O2. The van der Waals surface area contributed by atoms with Crippen molar-refractivity contribution in [3.63, 3.8) is 0 Å². The van der Waals surface area contributed by atoms with Crippen LogP contribution in [0.4, 0.5) is 0 Å². The summed E-state index contributed by atoms with van der Waals surface area (Å²) in [7, 11) is 0. The first kappa shape index (κ1) is 14.3. The van der Waals surface area contributed by atoms with Crippen molar-refractivity contribution in [2.24, 2.45) is 0 Å². The summed E-state index contributed by atoms with van der Waals surface area (Å²) in [6, 6.07) is 10.3. The molecule has 2 heteroatoms. The summed E-state index contributed by atoms with van der Waals surface area (Å²) in [5.41, 5.74) is 1.22. The quantitative estimate of drug-likeness (QED) is 0.566. The van der Waals surface area contributed by atoms with E-state index in [4.69, 9.17) is 9.47 Å². The Kier molecular flexibility index (Phi) is 6.69. The van der Waals surface area contributed by atoms with Gasteiger partial charge in [0, 0.05) is 0 Å². The van der Waals surface area contributed by atoms with Gasteiger partial charge in [-0.25, -0.2) is 0 Å². The molecule has 0 saturated heterocycles. The van der Waals surface area contributed by atoms with Gasteiger partial charge in [-0.2, -0.15) is 0 Å². The van der Waals surface area contributed by atoms with Gasteiger partial charge in [-0.1, -0.05) is 42.5 Å². The number of allylic oxidation sites excluding steroid dienone is 2. The van der Waals surface area contributed by atoms with Gasteiger partial charge < -0.3 is 9.47 Å². The lowest BCUT2D eigenvalue weighted by Gasteiger charge is -2.18. The van der Waals surface area contributed by atoms with E-state index in [0.717, 1.165) is 12.8 Å². The molecule has 0 fully saturated rings. The maximum Gasteiger partial charge on any atom is 0.0718 e. The van der Waals surface area contributed by atoms with Crippen molar-refractivity contribution in [1.82, 2.24) is 0 Å². The maximum atomic E-state index is 5.90. The van der Waals surface area contributed by atoms with E-state index in [0.29, 0.717) is 25.9 Å². The lowest BCUT2D eigenvalue weighted by molar-refractivity contribution is -0.00670. The smallest absolute Gasteiger partial charge is 0.0718 e. The second kappa shape index (κ2) is 8.89. The first-order chi connectivity index (χ1) is 9.45. The predicted molar refractivity (Wildman–Crippen MR) is 78.1 cm³/mol. The van der Waals surface area contributed by atoms with Crippen LogP contribution >= 0.6 is 0 Å². The van der Waals surface area contributed by atoms with Crippen LogP contribution < -0.4 is 0 Å². The van der Waals surface area contributed by atoms with Crippen LogP contribution in [0.5, 0.6) is 0 Å². The second-order valence-corrected chi connectivity index (χ2v) is 5.01. The minimum absolute atomic E-state index is 0.422. The van der Waals surface area contributed by atoms with Gasteiger partial charge in [0.05, 0.1) is 25.9 Å². The van der Waals surface area contributed by atoms with Crippen molar-refractivity contribution in [1.29, 1.82) is 0 Å². The van der Waals surface area contributed by atoms with Crippen LogP contribution in [0.15, 0.2) is 42.5 Å². The molecule has 1 atom stereocenters. The van der Waals surface area contributed by atoms with Gasteiger partial charge in [0.15, 0.2) is 0 Å². The Hall–Kier alpha value is -1.12. The molecule has 19 heavy (non-hydrogen) atoms. The average Bonchev–Trinajstić information content (AvgIpc) is 2.41. The fourth-order valence-electron chi connectivity index (χ4n) is 2.33. The third kappa shape index (κ3) is 6.04. The van der Waals surface area contributed by atoms with E-state index in [1.165, 1.54) is 24.8 Å². The van der Waals surface area contributed by atoms with Gasteiger partial charge >= 0.3 is 0 Å². The van der Waals surface area contributed by atoms with Crippen LogP contribution in [-0.4, -0.2) is 19.3 Å². The SMILES string of the molecule is C1=CCCC(OCCOCc2ccccc2)CCC1. The Bertz CT molecular complexity index is 359. The molecule has 0 amide bonds. The Morgan fingerprint density at radius 2 is 1.79 bits per heavy atom. The molecule has 1 aromatic carbocycles. The normalized spacial score (nSPS) is 19.9. The first-order valence-corrected chi connectivity index (χ1v) is 7.33. The van der Waals surface area contributed by atoms with Gasteiger partial charge in [0.1, 0.15) is 0 Å². The minimum atomic E-state index is 0.422. The molecule has 2 rings (SSSR count). The highest BCUT2D eigenvalue weighted by atomic mass is 16.5. The third-order valence-corrected chi connectivity index (χ3v) is 3.41. The summed E-state index contributed by atoms with van der Waals surface area (Å²) < 4.78 is 11.5. The topological polar surface area (TPSA) is 18.5 Å². The monoisotopic (exact) mass is 260 g/mol. The largest absolute Gasteiger partial charge is 0.376 e. The van der Waals surface area contributed by atoms with Crippen molar-refractivity contribution in [2.75, 3.05) is 13.2 Å². The van der Waals surface area contributed by atoms with Crippen molar-refractivity contribution in [3.05, 3.63) is 48.0 Å². The molecule has 1 aliphatic rings. The van der Waals surface area contributed by atoms with Gasteiger partial charge in [-0.05, 0) is 37.7 Å². The highest BCUT2D eigenvalue weighted by Crippen LogP contribution is 2.15. The van der Waals surface area contributed by atoms with Crippen molar-refractivity contribution >= 4 is 0 Å². The Morgan fingerprint density at radius 1 is 0.947 bits per heavy atom. The zero-order valence-electron chi connectivity index (χ0n) is 11.6. The van der Waals surface area contributed by atoms with E-state index >= 15 is 0 Å². The van der Waals surface area contributed by atoms with Crippen LogP contribution in [0.2, 0.25) is 0 Å². The molecule has 0 aliphatic heterocycles. The summed E-state index contributed by atoms with van der Waals surface area (Å²) >= 11 is 0. The molecule has 2 nitrogen and oxygen atoms in total. The lowest BCUT2D eigenvalue weighted by Crippen LogP contribution is -2.17. The average molecular weight is 260 g/mol. The molecule has 0 bridgehead atoms. The Morgan fingerprint density at radius 3 is 2.68 bits per heavy atom. The lowest BCUT2D eigenvalue weighted by atomic mass is 10.0. The maximum absolute atomic E-state index is 5.90. The summed E-state index contributed by atoms with van der Waals surface area (Å²) in [5.74, 6) is 0. The van der Waals surface area contributed by atoms with Crippen molar-refractivity contribution in [3.8, 4) is 0 Å². The molecule has 0 spiro atoms. The second-order valence-electron chi connectivity index (χ2n) is 5.01. The van der Waals surface area contributed by atoms with Crippen LogP contribution in [0.3, 0.4) is 0 Å². The molecule has 0 heterocycles. The highest BCUT2D eigenvalue weighted by Gasteiger charge is 2.09. The number of hydrogen-bond acceptors (Lipinski definition) is 2. The van der Waals surface area contributed by atoms with E-state index in [-0.39, 0.29) is 0 Å². The number of hydrogen-bond donors (Lipinski definition) is 0. The summed E-state index contributed by atoms with van der Waals surface area (Å²) in [4.78, 5) is 0. The Labute approximate surface area is 116 Å². The number of rotatable bonds is 6. The molecule has 1 unspecified atom stereocenters. The highest BCUT2D eigenvalue weighted by molar-refractivity contribution is 5.13. The standard InChI is InChI=1S/C17H24O2/c1-2-7-11-17(12-8-3-1)19-14-13-18-15-16-9-5-4-6-10-16/h1-2,4-6,9-10,17H,3,7-8,11-15H2. The summed E-state index contributed by atoms with van der Waals surface area (Å²) in [6.45, 7) is 2.07. The molecule has 0 saturated carbocycles. The van der Waals surface area contributed by atoms with Crippen molar-refractivity contribution in [2.45, 2.75) is 44.8 Å². The molecule has 0 N–H and O–H groups in total. The minimum Gasteiger partial charge on any atom is -0.376 e. The van der Waals surface area contributed by atoms with Gasteiger partial charge in [-0.3, -0.25) is 0 Å². The van der Waals surface area contributed by atoms with Crippen LogP contribution in [0.1, 0.15) is 37.7 Å². The van der Waals surface area contributed by atoms with Crippen LogP contribution in [-0.2, 0) is 16.1 Å². The van der Waals surface area contributed by atoms with Crippen LogP contribution in [0.25, 0.3) is 0 Å². The van der Waals surface area contributed by atoms with E-state index in [1.807, 2.05) is 18.2 Å². The molecule has 104 valence electrons. The van der Waals surface area contributed by atoms with Gasteiger partial charge in [0.25, 0.3) is 0 Å². The fraction of sp³-hybridized carbons (Fsp3) is 0.529. The van der Waals surface area contributed by atoms with E-state index < -0.39 is 0 Å². The third-order valence-electron chi connectivity index (χ3n) is 3.41. The molecule has 0 aromatic heterocycles.